The van der Waals surface area contributed by atoms with E-state index in [9.17, 15) is 4.79 Å². The van der Waals surface area contributed by atoms with Gasteiger partial charge in [-0.2, -0.15) is 0 Å². The molecule has 0 aromatic carbocycles. The zero-order valence-electron chi connectivity index (χ0n) is 9.51. The van der Waals surface area contributed by atoms with Gasteiger partial charge in [0, 0.05) is 19.6 Å². The Morgan fingerprint density at radius 3 is 3.00 bits per heavy atom. The first-order chi connectivity index (χ1) is 7.25. The van der Waals surface area contributed by atoms with Crippen LogP contribution < -0.4 is 16.0 Å². The molecule has 88 valence electrons. The van der Waals surface area contributed by atoms with Crippen LogP contribution in [0.3, 0.4) is 0 Å². The van der Waals surface area contributed by atoms with Crippen LogP contribution in [0.1, 0.15) is 13.8 Å². The molecule has 0 aromatic rings. The van der Waals surface area contributed by atoms with E-state index in [1.807, 2.05) is 13.8 Å². The highest BCUT2D eigenvalue weighted by Crippen LogP contribution is 2.03. The zero-order valence-corrected chi connectivity index (χ0v) is 9.51. The van der Waals surface area contributed by atoms with Crippen LogP contribution in [0, 0.1) is 0 Å². The van der Waals surface area contributed by atoms with Gasteiger partial charge in [-0.1, -0.05) is 6.92 Å². The minimum absolute atomic E-state index is 0.0279. The summed E-state index contributed by atoms with van der Waals surface area (Å²) in [6, 6.07) is -0.208. The quantitative estimate of drug-likeness (QED) is 0.520. The molecule has 5 nitrogen and oxygen atoms in total. The molecule has 0 aromatic heterocycles. The van der Waals surface area contributed by atoms with Crippen LogP contribution in [0.2, 0.25) is 0 Å². The molecule has 0 radical (unpaired) electrons. The van der Waals surface area contributed by atoms with Gasteiger partial charge >= 0.3 is 0 Å². The van der Waals surface area contributed by atoms with Gasteiger partial charge in [0.05, 0.1) is 12.7 Å². The van der Waals surface area contributed by atoms with E-state index in [0.717, 1.165) is 19.6 Å². The van der Waals surface area contributed by atoms with Crippen molar-refractivity contribution in [3.8, 4) is 0 Å². The average molecular weight is 215 g/mol. The third-order valence-electron chi connectivity index (χ3n) is 2.45. The number of carbonyl (C=O) groups excluding carboxylic acids is 1. The average Bonchev–Trinajstić information content (AvgIpc) is 2.25. The molecule has 15 heavy (non-hydrogen) atoms. The molecule has 0 bridgehead atoms. The number of likely N-dealkylation sites (N-methyl/N-ethyl adjacent to an activating group) is 1. The molecule has 1 heterocycles. The molecule has 0 aliphatic carbocycles. The van der Waals surface area contributed by atoms with Crippen molar-refractivity contribution in [1.29, 1.82) is 0 Å². The monoisotopic (exact) mass is 215 g/mol. The van der Waals surface area contributed by atoms with E-state index < -0.39 is 0 Å². The maximum atomic E-state index is 11.7. The van der Waals surface area contributed by atoms with Crippen molar-refractivity contribution in [2.24, 2.45) is 0 Å². The Morgan fingerprint density at radius 2 is 2.33 bits per heavy atom. The van der Waals surface area contributed by atoms with E-state index in [1.165, 1.54) is 0 Å². The van der Waals surface area contributed by atoms with Crippen LogP contribution in [0.25, 0.3) is 0 Å². The standard InChI is InChI=1S/C10H21N3O2/c1-3-11-4-5-13-10(14)9-8(2)15-7-6-12-9/h8-9,11-12H,3-7H2,1-2H3,(H,13,14)/t8-,9+/m1/s1. The molecular weight excluding hydrogens is 194 g/mol. The number of hydrogen-bond donors (Lipinski definition) is 3. The number of hydrogen-bond acceptors (Lipinski definition) is 4. The van der Waals surface area contributed by atoms with E-state index in [1.54, 1.807) is 0 Å². The summed E-state index contributed by atoms with van der Waals surface area (Å²) in [5.41, 5.74) is 0. The first kappa shape index (κ1) is 12.4. The molecule has 0 spiro atoms. The minimum Gasteiger partial charge on any atom is -0.375 e. The lowest BCUT2D eigenvalue weighted by molar-refractivity contribution is -0.128. The lowest BCUT2D eigenvalue weighted by atomic mass is 10.1. The maximum absolute atomic E-state index is 11.7. The van der Waals surface area contributed by atoms with Gasteiger partial charge in [-0.15, -0.1) is 0 Å². The SMILES string of the molecule is CCNCCNC(=O)[C@H]1NCCO[C@@H]1C. The molecule has 1 rings (SSSR count). The Morgan fingerprint density at radius 1 is 1.53 bits per heavy atom. The lowest BCUT2D eigenvalue weighted by Gasteiger charge is -2.29. The molecule has 5 heteroatoms. The predicted octanol–water partition coefficient (Wildman–Crippen LogP) is -0.911. The number of nitrogens with one attached hydrogen (secondary N) is 3. The fraction of sp³-hybridized carbons (Fsp3) is 0.900. The van der Waals surface area contributed by atoms with Gasteiger partial charge < -0.3 is 20.7 Å². The van der Waals surface area contributed by atoms with Crippen molar-refractivity contribution < 1.29 is 9.53 Å². The van der Waals surface area contributed by atoms with Crippen molar-refractivity contribution in [3.05, 3.63) is 0 Å². The van der Waals surface area contributed by atoms with Crippen LogP contribution >= 0.6 is 0 Å². The molecule has 1 aliphatic heterocycles. The van der Waals surface area contributed by atoms with Crippen molar-refractivity contribution in [3.63, 3.8) is 0 Å². The van der Waals surface area contributed by atoms with Crippen molar-refractivity contribution in [2.75, 3.05) is 32.8 Å². The third kappa shape index (κ3) is 4.15. The van der Waals surface area contributed by atoms with E-state index in [-0.39, 0.29) is 18.1 Å². The van der Waals surface area contributed by atoms with Crippen LogP contribution in [-0.4, -0.2) is 50.8 Å². The predicted molar refractivity (Wildman–Crippen MR) is 58.8 cm³/mol. The maximum Gasteiger partial charge on any atom is 0.239 e. The van der Waals surface area contributed by atoms with E-state index in [2.05, 4.69) is 16.0 Å². The summed E-state index contributed by atoms with van der Waals surface area (Å²) in [6.45, 7) is 7.79. The summed E-state index contributed by atoms with van der Waals surface area (Å²) in [5, 5.41) is 9.18. The zero-order chi connectivity index (χ0) is 11.1. The normalized spacial score (nSPS) is 26.3. The first-order valence-electron chi connectivity index (χ1n) is 5.59. The van der Waals surface area contributed by atoms with E-state index >= 15 is 0 Å². The molecule has 1 aliphatic rings. The highest BCUT2D eigenvalue weighted by molar-refractivity contribution is 5.82. The summed E-state index contributed by atoms with van der Waals surface area (Å²) in [6.07, 6.45) is -0.0436. The second-order valence-electron chi connectivity index (χ2n) is 3.65. The van der Waals surface area contributed by atoms with Crippen LogP contribution in [0.5, 0.6) is 0 Å². The van der Waals surface area contributed by atoms with Gasteiger partial charge in [-0.05, 0) is 13.5 Å². The lowest BCUT2D eigenvalue weighted by Crippen LogP contribution is -2.56. The Kier molecular flexibility index (Phi) is 5.60. The van der Waals surface area contributed by atoms with Gasteiger partial charge in [0.2, 0.25) is 5.91 Å². The fourth-order valence-electron chi connectivity index (χ4n) is 1.59. The number of morpholine rings is 1. The molecule has 1 saturated heterocycles. The molecule has 2 atom stereocenters. The number of carbonyl (C=O) groups is 1. The smallest absolute Gasteiger partial charge is 0.239 e. The summed E-state index contributed by atoms with van der Waals surface area (Å²) < 4.78 is 5.40. The Bertz CT molecular complexity index is 199. The topological polar surface area (TPSA) is 62.4 Å². The Balaban J connectivity index is 2.20. The van der Waals surface area contributed by atoms with Crippen molar-refractivity contribution >= 4 is 5.91 Å². The summed E-state index contributed by atoms with van der Waals surface area (Å²) in [4.78, 5) is 11.7. The fourth-order valence-corrected chi connectivity index (χ4v) is 1.59. The largest absolute Gasteiger partial charge is 0.375 e. The van der Waals surface area contributed by atoms with E-state index in [0.29, 0.717) is 13.2 Å². The molecule has 3 N–H and O–H groups in total. The summed E-state index contributed by atoms with van der Waals surface area (Å²) in [5.74, 6) is 0.0279. The molecule has 0 saturated carbocycles. The number of amides is 1. The number of ether oxygens (including phenoxy) is 1. The molecule has 1 amide bonds. The number of rotatable bonds is 5. The molecule has 0 unspecified atom stereocenters. The van der Waals surface area contributed by atoms with E-state index in [4.69, 9.17) is 4.74 Å². The summed E-state index contributed by atoms with van der Waals surface area (Å²) >= 11 is 0. The second-order valence-corrected chi connectivity index (χ2v) is 3.65. The van der Waals surface area contributed by atoms with Gasteiger partial charge in [0.15, 0.2) is 0 Å². The van der Waals surface area contributed by atoms with Gasteiger partial charge in [0.1, 0.15) is 6.04 Å². The van der Waals surface area contributed by atoms with Crippen molar-refractivity contribution in [2.45, 2.75) is 26.0 Å². The second kappa shape index (κ2) is 6.76. The Hall–Kier alpha value is -0.650. The minimum atomic E-state index is -0.208. The van der Waals surface area contributed by atoms with Crippen LogP contribution in [0.15, 0.2) is 0 Å². The van der Waals surface area contributed by atoms with Crippen molar-refractivity contribution in [1.82, 2.24) is 16.0 Å². The third-order valence-corrected chi connectivity index (χ3v) is 2.45. The molecule has 1 fully saturated rings. The highest BCUT2D eigenvalue weighted by Gasteiger charge is 2.27. The summed E-state index contributed by atoms with van der Waals surface area (Å²) in [7, 11) is 0. The van der Waals surface area contributed by atoms with Gasteiger partial charge in [-0.3, -0.25) is 4.79 Å². The molecular formula is C10H21N3O2. The van der Waals surface area contributed by atoms with Gasteiger partial charge in [0.25, 0.3) is 0 Å². The highest BCUT2D eigenvalue weighted by atomic mass is 16.5. The van der Waals surface area contributed by atoms with Crippen LogP contribution in [0.4, 0.5) is 0 Å². The van der Waals surface area contributed by atoms with Gasteiger partial charge in [-0.25, -0.2) is 0 Å². The van der Waals surface area contributed by atoms with Crippen LogP contribution in [-0.2, 0) is 9.53 Å². The Labute approximate surface area is 90.9 Å². The first-order valence-corrected chi connectivity index (χ1v) is 5.59.